The summed E-state index contributed by atoms with van der Waals surface area (Å²) in [5.41, 5.74) is 12.8. The van der Waals surface area contributed by atoms with Crippen LogP contribution in [-0.4, -0.2) is 10.2 Å². The zero-order chi connectivity index (χ0) is 22.5. The van der Waals surface area contributed by atoms with Gasteiger partial charge in [0.15, 0.2) is 0 Å². The minimum atomic E-state index is 0.290. The van der Waals surface area contributed by atoms with Crippen LogP contribution in [0.25, 0.3) is 16.5 Å². The van der Waals surface area contributed by atoms with Crippen LogP contribution in [0.5, 0.6) is 0 Å². The summed E-state index contributed by atoms with van der Waals surface area (Å²) in [5, 5.41) is 5.23. The van der Waals surface area contributed by atoms with Gasteiger partial charge in [-0.2, -0.15) is 0 Å². The molecule has 4 nitrogen and oxygen atoms in total. The molecule has 0 aliphatic heterocycles. The standard InChI is InChI=1S/C25H26Cl2N4/c1-5-6-7-19(14-29-17(4)26)18-10-11-21-20(13-18)24(23(27)25(28)31-21)30-22-12-15(2)8-9-16(22)3/h6-14H,5H2,1-4H3,(H3,28,30,31)/b7-6+,19-14+,29-17?. The molecule has 31 heavy (non-hydrogen) atoms. The van der Waals surface area contributed by atoms with Gasteiger partial charge in [0.25, 0.3) is 0 Å². The van der Waals surface area contributed by atoms with Gasteiger partial charge < -0.3 is 11.1 Å². The SMILES string of the molecule is CC/C=C/C(=C\N=C(C)Cl)c1ccc2nc(N)c(Cl)c(Nc3cc(C)ccc3C)c2c1. The van der Waals surface area contributed by atoms with E-state index in [2.05, 4.69) is 60.3 Å². The quantitative estimate of drug-likeness (QED) is 0.296. The maximum Gasteiger partial charge on any atom is 0.145 e. The Balaban J connectivity index is 2.21. The van der Waals surface area contributed by atoms with Gasteiger partial charge in [-0.1, -0.05) is 60.5 Å². The average molecular weight is 453 g/mol. The zero-order valence-corrected chi connectivity index (χ0v) is 19.6. The smallest absolute Gasteiger partial charge is 0.145 e. The van der Waals surface area contributed by atoms with E-state index in [0.717, 1.165) is 51.0 Å². The van der Waals surface area contributed by atoms with E-state index < -0.39 is 0 Å². The lowest BCUT2D eigenvalue weighted by Gasteiger charge is -2.16. The first-order valence-electron chi connectivity index (χ1n) is 10.1. The molecule has 0 saturated heterocycles. The van der Waals surface area contributed by atoms with Crippen molar-refractivity contribution in [3.63, 3.8) is 0 Å². The van der Waals surface area contributed by atoms with Crippen molar-refractivity contribution in [3.05, 3.63) is 76.5 Å². The van der Waals surface area contributed by atoms with Crippen LogP contribution in [-0.2, 0) is 0 Å². The van der Waals surface area contributed by atoms with E-state index in [1.165, 1.54) is 0 Å². The molecule has 3 rings (SSSR count). The first-order chi connectivity index (χ1) is 14.8. The number of anilines is 3. The largest absolute Gasteiger partial charge is 0.382 e. The lowest BCUT2D eigenvalue weighted by Crippen LogP contribution is -2.01. The van der Waals surface area contributed by atoms with Crippen LogP contribution < -0.4 is 11.1 Å². The highest BCUT2D eigenvalue weighted by atomic mass is 35.5. The Morgan fingerprint density at radius 2 is 1.97 bits per heavy atom. The summed E-state index contributed by atoms with van der Waals surface area (Å²) in [4.78, 5) is 8.74. The molecule has 0 atom stereocenters. The predicted molar refractivity (Wildman–Crippen MR) is 137 cm³/mol. The average Bonchev–Trinajstić information content (AvgIpc) is 2.73. The Hall–Kier alpha value is -2.82. The number of hydrogen-bond donors (Lipinski definition) is 2. The topological polar surface area (TPSA) is 63.3 Å². The van der Waals surface area contributed by atoms with Crippen molar-refractivity contribution in [2.45, 2.75) is 34.1 Å². The lowest BCUT2D eigenvalue weighted by molar-refractivity contribution is 1.22. The van der Waals surface area contributed by atoms with Crippen molar-refractivity contribution in [2.24, 2.45) is 4.99 Å². The van der Waals surface area contributed by atoms with Crippen molar-refractivity contribution >= 4 is 62.0 Å². The van der Waals surface area contributed by atoms with Crippen LogP contribution >= 0.6 is 23.2 Å². The summed E-state index contributed by atoms with van der Waals surface area (Å²) < 4.78 is 0. The van der Waals surface area contributed by atoms with Crippen LogP contribution in [0.3, 0.4) is 0 Å². The number of halogens is 2. The second kappa shape index (κ2) is 9.99. The normalized spacial score (nSPS) is 12.7. The van der Waals surface area contributed by atoms with E-state index in [-0.39, 0.29) is 0 Å². The molecule has 1 aromatic heterocycles. The van der Waals surface area contributed by atoms with Gasteiger partial charge in [-0.05, 0) is 67.7 Å². The maximum absolute atomic E-state index is 6.61. The Morgan fingerprint density at radius 1 is 1.19 bits per heavy atom. The van der Waals surface area contributed by atoms with Crippen LogP contribution in [0.15, 0.2) is 59.7 Å². The number of fused-ring (bicyclic) bond motifs is 1. The van der Waals surface area contributed by atoms with Gasteiger partial charge in [0.1, 0.15) is 16.0 Å². The summed E-state index contributed by atoms with van der Waals surface area (Å²) in [6, 6.07) is 12.2. The maximum atomic E-state index is 6.61. The molecule has 0 aliphatic rings. The molecule has 0 bridgehead atoms. The summed E-state index contributed by atoms with van der Waals surface area (Å²) in [7, 11) is 0. The fourth-order valence-corrected chi connectivity index (χ4v) is 3.42. The molecule has 0 fully saturated rings. The molecule has 6 heteroatoms. The van der Waals surface area contributed by atoms with Crippen molar-refractivity contribution in [2.75, 3.05) is 11.1 Å². The number of benzene rings is 2. The minimum Gasteiger partial charge on any atom is -0.382 e. The summed E-state index contributed by atoms with van der Waals surface area (Å²) in [6.45, 7) is 7.94. The first-order valence-corrected chi connectivity index (χ1v) is 10.9. The molecule has 0 amide bonds. The number of aliphatic imine (C=N–C) groups is 1. The number of hydrogen-bond acceptors (Lipinski definition) is 4. The zero-order valence-electron chi connectivity index (χ0n) is 18.1. The molecule has 2 aromatic carbocycles. The van der Waals surface area contributed by atoms with E-state index in [4.69, 9.17) is 28.9 Å². The van der Waals surface area contributed by atoms with E-state index >= 15 is 0 Å². The Bertz CT molecular complexity index is 1210. The number of nitrogens with one attached hydrogen (secondary N) is 1. The Kier molecular flexibility index (Phi) is 7.37. The van der Waals surface area contributed by atoms with E-state index in [0.29, 0.717) is 16.0 Å². The number of aromatic nitrogens is 1. The molecule has 0 aliphatic carbocycles. The molecular formula is C25H26Cl2N4. The molecule has 160 valence electrons. The molecule has 1 heterocycles. The summed E-state index contributed by atoms with van der Waals surface area (Å²) >= 11 is 12.6. The van der Waals surface area contributed by atoms with Crippen LogP contribution in [0.1, 0.15) is 37.0 Å². The van der Waals surface area contributed by atoms with Crippen LogP contribution in [0, 0.1) is 13.8 Å². The number of nitrogens with two attached hydrogens (primary N) is 1. The lowest BCUT2D eigenvalue weighted by atomic mass is 10.0. The molecular weight excluding hydrogens is 427 g/mol. The van der Waals surface area contributed by atoms with Gasteiger partial charge in [0.2, 0.25) is 0 Å². The highest BCUT2D eigenvalue weighted by molar-refractivity contribution is 6.64. The molecule has 3 aromatic rings. The van der Waals surface area contributed by atoms with E-state index in [1.54, 1.807) is 13.1 Å². The van der Waals surface area contributed by atoms with Gasteiger partial charge in [0, 0.05) is 17.3 Å². The number of pyridine rings is 1. The highest BCUT2D eigenvalue weighted by Gasteiger charge is 2.14. The number of allylic oxidation sites excluding steroid dienone is 3. The third-order valence-corrected chi connectivity index (χ3v) is 5.33. The molecule has 0 spiro atoms. The van der Waals surface area contributed by atoms with Crippen molar-refractivity contribution in [3.8, 4) is 0 Å². The van der Waals surface area contributed by atoms with E-state index in [1.807, 2.05) is 24.3 Å². The van der Waals surface area contributed by atoms with Crippen molar-refractivity contribution in [1.82, 2.24) is 4.98 Å². The van der Waals surface area contributed by atoms with Gasteiger partial charge in [0.05, 0.1) is 11.2 Å². The third kappa shape index (κ3) is 5.46. The van der Waals surface area contributed by atoms with E-state index in [9.17, 15) is 0 Å². The Labute approximate surface area is 193 Å². The predicted octanol–water partition coefficient (Wildman–Crippen LogP) is 7.80. The third-order valence-electron chi connectivity index (χ3n) is 4.85. The summed E-state index contributed by atoms with van der Waals surface area (Å²) in [5.74, 6) is 0.290. The molecule has 3 N–H and O–H groups in total. The monoisotopic (exact) mass is 452 g/mol. The van der Waals surface area contributed by atoms with Crippen molar-refractivity contribution in [1.29, 1.82) is 0 Å². The summed E-state index contributed by atoms with van der Waals surface area (Å²) in [6.07, 6.45) is 6.80. The van der Waals surface area contributed by atoms with Crippen LogP contribution in [0.4, 0.5) is 17.2 Å². The molecule has 0 saturated carbocycles. The minimum absolute atomic E-state index is 0.290. The fourth-order valence-electron chi connectivity index (χ4n) is 3.18. The number of nitrogen functional groups attached to an aromatic ring is 1. The Morgan fingerprint density at radius 3 is 2.68 bits per heavy atom. The van der Waals surface area contributed by atoms with Gasteiger partial charge in [-0.25, -0.2) is 9.98 Å². The molecule has 0 unspecified atom stereocenters. The number of rotatable bonds is 6. The second-order valence-electron chi connectivity index (χ2n) is 7.38. The fraction of sp³-hybridized carbons (Fsp3) is 0.200. The highest BCUT2D eigenvalue weighted by Crippen LogP contribution is 2.38. The van der Waals surface area contributed by atoms with Gasteiger partial charge >= 0.3 is 0 Å². The second-order valence-corrected chi connectivity index (χ2v) is 8.31. The van der Waals surface area contributed by atoms with Crippen LogP contribution in [0.2, 0.25) is 5.02 Å². The first kappa shape index (κ1) is 22.9. The number of nitrogens with zero attached hydrogens (tertiary/aromatic N) is 2. The van der Waals surface area contributed by atoms with Crippen molar-refractivity contribution < 1.29 is 0 Å². The van der Waals surface area contributed by atoms with Gasteiger partial charge in [-0.3, -0.25) is 0 Å². The number of aryl methyl sites for hydroxylation is 2. The molecule has 0 radical (unpaired) electrons. The van der Waals surface area contributed by atoms with Gasteiger partial charge in [-0.15, -0.1) is 0 Å².